The van der Waals surface area contributed by atoms with Crippen molar-refractivity contribution in [3.8, 4) is 0 Å². The Morgan fingerprint density at radius 3 is 2.47 bits per heavy atom. The minimum atomic E-state index is -4.69. The normalized spacial score (nSPS) is 15.3. The van der Waals surface area contributed by atoms with E-state index >= 15 is 0 Å². The van der Waals surface area contributed by atoms with E-state index in [-0.39, 0.29) is 69.8 Å². The van der Waals surface area contributed by atoms with Crippen molar-refractivity contribution in [1.29, 1.82) is 0 Å². The van der Waals surface area contributed by atoms with Gasteiger partial charge in [0.2, 0.25) is 0 Å². The number of aryl methyl sites for hydroxylation is 1. The van der Waals surface area contributed by atoms with Crippen molar-refractivity contribution in [2.75, 3.05) is 5.73 Å². The molecule has 0 saturated carbocycles. The molecule has 2 rings (SSSR count). The van der Waals surface area contributed by atoms with Crippen LogP contribution in [0.3, 0.4) is 0 Å². The van der Waals surface area contributed by atoms with Gasteiger partial charge in [0.25, 0.3) is 0 Å². The maximum absolute atomic E-state index is 13.2. The molecule has 1 aliphatic carbocycles. The summed E-state index contributed by atoms with van der Waals surface area (Å²) >= 11 is 0. The Hall–Kier alpha value is 0.116. The van der Waals surface area contributed by atoms with E-state index in [0.717, 1.165) is 0 Å². The maximum atomic E-state index is 13.2. The van der Waals surface area contributed by atoms with Gasteiger partial charge in [-0.25, -0.2) is 4.39 Å². The molecule has 0 amide bonds. The van der Waals surface area contributed by atoms with Crippen molar-refractivity contribution in [3.63, 3.8) is 0 Å². The van der Waals surface area contributed by atoms with Crippen molar-refractivity contribution in [3.05, 3.63) is 35.2 Å². The van der Waals surface area contributed by atoms with Gasteiger partial charge >= 0.3 is 57.6 Å². The summed E-state index contributed by atoms with van der Waals surface area (Å²) in [4.78, 5) is 0. The molecule has 1 aliphatic rings. The number of nitrogen functional groups attached to an aromatic ring is 1. The van der Waals surface area contributed by atoms with Crippen LogP contribution in [-0.4, -0.2) is 6.18 Å². The van der Waals surface area contributed by atoms with E-state index in [2.05, 4.69) is 6.07 Å². The molecule has 17 heavy (non-hydrogen) atoms. The summed E-state index contributed by atoms with van der Waals surface area (Å²) in [5.41, 5.74) is 4.75. The smallest absolute Gasteiger partial charge is 0.436 e. The molecule has 0 bridgehead atoms. The third-order valence-electron chi connectivity index (χ3n) is 2.46. The summed E-state index contributed by atoms with van der Waals surface area (Å²) in [6.45, 7) is 0. The van der Waals surface area contributed by atoms with Crippen LogP contribution < -0.4 is 57.1 Å². The van der Waals surface area contributed by atoms with Gasteiger partial charge in [0.05, 0.1) is 5.83 Å². The van der Waals surface area contributed by atoms with Gasteiger partial charge in [-0.15, -0.1) is 29.3 Å². The minimum Gasteiger partial charge on any atom is -0.436 e. The second-order valence-electron chi connectivity index (χ2n) is 3.61. The van der Waals surface area contributed by atoms with Crippen molar-refractivity contribution in [2.45, 2.75) is 19.0 Å². The summed E-state index contributed by atoms with van der Waals surface area (Å²) < 4.78 is 51.1. The molecule has 0 unspecified atom stereocenters. The molecule has 0 atom stereocenters. The fourth-order valence-corrected chi connectivity index (χ4v) is 1.79. The Morgan fingerprint density at radius 2 is 1.88 bits per heavy atom. The molecule has 6 heteroatoms. The molecule has 2 N–H and O–H groups in total. The SMILES string of the molecule is Nc1c[c-]c2c(c1)CCC(F)=C2C(F)(F)F.[K+]. The van der Waals surface area contributed by atoms with Crippen LogP contribution in [0.25, 0.3) is 5.57 Å². The molecule has 0 radical (unpaired) electrons. The summed E-state index contributed by atoms with van der Waals surface area (Å²) in [6.07, 6.45) is -4.70. The summed E-state index contributed by atoms with van der Waals surface area (Å²) in [6, 6.07) is 5.06. The molecule has 0 saturated heterocycles. The molecular formula is C11H8F4KN. The van der Waals surface area contributed by atoms with Crippen LogP contribution >= 0.6 is 0 Å². The summed E-state index contributed by atoms with van der Waals surface area (Å²) in [5.74, 6) is -1.12. The number of nitrogens with two attached hydrogens (primary N) is 1. The quantitative estimate of drug-likeness (QED) is 0.311. The van der Waals surface area contributed by atoms with Gasteiger partial charge in [-0.1, -0.05) is 12.1 Å². The molecule has 1 nitrogen and oxygen atoms in total. The van der Waals surface area contributed by atoms with E-state index in [9.17, 15) is 17.6 Å². The van der Waals surface area contributed by atoms with Crippen LogP contribution in [0.1, 0.15) is 17.5 Å². The Balaban J connectivity index is 0.00000144. The zero-order chi connectivity index (χ0) is 11.9. The van der Waals surface area contributed by atoms with Gasteiger partial charge < -0.3 is 5.73 Å². The Kier molecular flexibility index (Phi) is 4.82. The van der Waals surface area contributed by atoms with Gasteiger partial charge in [0.1, 0.15) is 0 Å². The number of benzene rings is 1. The number of rotatable bonds is 0. The monoisotopic (exact) mass is 269 g/mol. The van der Waals surface area contributed by atoms with Crippen molar-refractivity contribution in [2.24, 2.45) is 0 Å². The van der Waals surface area contributed by atoms with E-state index in [0.29, 0.717) is 11.3 Å². The summed E-state index contributed by atoms with van der Waals surface area (Å²) in [5, 5.41) is 0. The van der Waals surface area contributed by atoms with Crippen LogP contribution in [0.15, 0.2) is 18.0 Å². The van der Waals surface area contributed by atoms with Gasteiger partial charge in [0.15, 0.2) is 0 Å². The number of halogens is 4. The second-order valence-corrected chi connectivity index (χ2v) is 3.61. The number of alkyl halides is 3. The van der Waals surface area contributed by atoms with Crippen molar-refractivity contribution in [1.82, 2.24) is 0 Å². The topological polar surface area (TPSA) is 26.0 Å². The van der Waals surface area contributed by atoms with Gasteiger partial charge in [0, 0.05) is 5.57 Å². The predicted octanol–water partition coefficient (Wildman–Crippen LogP) is 0.262. The van der Waals surface area contributed by atoms with Crippen molar-refractivity contribution < 1.29 is 68.9 Å². The number of anilines is 1. The van der Waals surface area contributed by atoms with Gasteiger partial charge in [-0.3, -0.25) is 0 Å². The van der Waals surface area contributed by atoms with E-state index in [4.69, 9.17) is 5.73 Å². The molecule has 0 aromatic heterocycles. The Morgan fingerprint density at radius 1 is 1.24 bits per heavy atom. The first-order valence-corrected chi connectivity index (χ1v) is 4.66. The van der Waals surface area contributed by atoms with E-state index in [1.54, 1.807) is 0 Å². The standard InChI is InChI=1S/C11H8F4N.K/c12-9-4-1-6-5-7(16)2-3-8(6)10(9)11(13,14)15;/h2,5H,1,4,16H2;/q-1;+1. The summed E-state index contributed by atoms with van der Waals surface area (Å²) in [7, 11) is 0. The zero-order valence-corrected chi connectivity index (χ0v) is 12.3. The molecule has 0 aliphatic heterocycles. The van der Waals surface area contributed by atoms with Crippen LogP contribution in [0.2, 0.25) is 0 Å². The third-order valence-corrected chi connectivity index (χ3v) is 2.46. The fourth-order valence-electron chi connectivity index (χ4n) is 1.79. The molecule has 0 heterocycles. The van der Waals surface area contributed by atoms with Gasteiger partial charge in [-0.2, -0.15) is 13.2 Å². The number of hydrogen-bond donors (Lipinski definition) is 1. The molecule has 0 spiro atoms. The maximum Gasteiger partial charge on any atom is 1.00 e. The molecular weight excluding hydrogens is 261 g/mol. The van der Waals surface area contributed by atoms with Crippen molar-refractivity contribution >= 4 is 11.3 Å². The molecule has 1 aromatic carbocycles. The average Bonchev–Trinajstić information content (AvgIpc) is 2.16. The first kappa shape index (κ1) is 15.2. The Bertz CT molecular complexity index is 465. The average molecular weight is 269 g/mol. The second kappa shape index (κ2) is 5.40. The first-order chi connectivity index (χ1) is 7.39. The van der Waals surface area contributed by atoms with Crippen LogP contribution in [-0.2, 0) is 6.42 Å². The predicted molar refractivity (Wildman–Crippen MR) is 52.1 cm³/mol. The fraction of sp³-hybridized carbons (Fsp3) is 0.273. The molecule has 86 valence electrons. The molecule has 1 aromatic rings. The number of fused-ring (bicyclic) bond motifs is 1. The van der Waals surface area contributed by atoms with E-state index in [1.807, 2.05) is 0 Å². The van der Waals surface area contributed by atoms with Crippen LogP contribution in [0, 0.1) is 6.07 Å². The molecule has 0 fully saturated rings. The van der Waals surface area contributed by atoms with E-state index < -0.39 is 17.6 Å². The first-order valence-electron chi connectivity index (χ1n) is 4.66. The third kappa shape index (κ3) is 3.11. The minimum absolute atomic E-state index is 0. The van der Waals surface area contributed by atoms with Gasteiger partial charge in [-0.05, 0) is 6.42 Å². The van der Waals surface area contributed by atoms with E-state index in [1.165, 1.54) is 12.1 Å². The zero-order valence-electron chi connectivity index (χ0n) is 9.16. The van der Waals surface area contributed by atoms with Crippen LogP contribution in [0.4, 0.5) is 23.2 Å². The number of allylic oxidation sites excluding steroid dienone is 2. The Labute approximate surface area is 138 Å². The number of hydrogen-bond acceptors (Lipinski definition) is 1. The van der Waals surface area contributed by atoms with Crippen LogP contribution in [0.5, 0.6) is 0 Å². The largest absolute Gasteiger partial charge is 1.00 e.